The van der Waals surface area contributed by atoms with Gasteiger partial charge in [-0.05, 0) is 23.9 Å². The molecule has 0 amide bonds. The largest absolute Gasteiger partial charge is 0.505 e. The van der Waals surface area contributed by atoms with Crippen LogP contribution in [0, 0.1) is 6.92 Å². The Labute approximate surface area is 136 Å². The molecule has 23 heavy (non-hydrogen) atoms. The van der Waals surface area contributed by atoms with Crippen molar-refractivity contribution in [3.63, 3.8) is 0 Å². The fourth-order valence-electron chi connectivity index (χ4n) is 2.56. The number of sulfonamides is 1. The third-order valence-corrected chi connectivity index (χ3v) is 6.35. The molecular weight excluding hydrogens is 344 g/mol. The summed E-state index contributed by atoms with van der Waals surface area (Å²) in [6, 6.07) is 8.05. The van der Waals surface area contributed by atoms with Gasteiger partial charge in [-0.2, -0.15) is 0 Å². The fourth-order valence-corrected chi connectivity index (χ4v) is 5.32. The first-order valence-corrected chi connectivity index (χ1v) is 9.04. The molecule has 0 unspecified atom stereocenters. The van der Waals surface area contributed by atoms with E-state index in [4.69, 9.17) is 0 Å². The Morgan fingerprint density at radius 3 is 2.61 bits per heavy atom. The molecule has 1 N–H and O–H groups in total. The number of benzene rings is 1. The summed E-state index contributed by atoms with van der Waals surface area (Å²) in [5.74, 6) is -0.394. The SMILES string of the molecule is Cc1ccccc1C1=C(O)c2sccc2N(CC(F)F)S1(=O)=O. The summed E-state index contributed by atoms with van der Waals surface area (Å²) in [4.78, 5) is -0.0510. The number of aliphatic hydroxyl groups is 1. The van der Waals surface area contributed by atoms with Crippen molar-refractivity contribution in [3.05, 3.63) is 51.7 Å². The summed E-state index contributed by atoms with van der Waals surface area (Å²) in [6.45, 7) is 0.751. The first-order chi connectivity index (χ1) is 10.8. The van der Waals surface area contributed by atoms with Crippen LogP contribution in [-0.4, -0.2) is 26.5 Å². The Morgan fingerprint density at radius 2 is 1.96 bits per heavy atom. The maximum Gasteiger partial charge on any atom is 0.268 e. The predicted octanol–water partition coefficient (Wildman–Crippen LogP) is 3.86. The van der Waals surface area contributed by atoms with E-state index in [-0.39, 0.29) is 15.5 Å². The van der Waals surface area contributed by atoms with Crippen LogP contribution in [0.3, 0.4) is 0 Å². The van der Waals surface area contributed by atoms with Crippen LogP contribution in [0.1, 0.15) is 16.0 Å². The molecule has 122 valence electrons. The number of thiophene rings is 1. The average molecular weight is 357 g/mol. The molecule has 2 heterocycles. The van der Waals surface area contributed by atoms with Crippen LogP contribution >= 0.6 is 11.3 Å². The van der Waals surface area contributed by atoms with Crippen LogP contribution < -0.4 is 4.31 Å². The predicted molar refractivity (Wildman–Crippen MR) is 87.2 cm³/mol. The van der Waals surface area contributed by atoms with Gasteiger partial charge in [0.15, 0.2) is 5.76 Å². The molecule has 4 nitrogen and oxygen atoms in total. The number of halogens is 2. The van der Waals surface area contributed by atoms with Gasteiger partial charge in [0.1, 0.15) is 4.91 Å². The van der Waals surface area contributed by atoms with Crippen LogP contribution in [0.5, 0.6) is 0 Å². The van der Waals surface area contributed by atoms with Crippen molar-refractivity contribution in [1.82, 2.24) is 0 Å². The van der Waals surface area contributed by atoms with E-state index in [0.717, 1.165) is 11.3 Å². The Balaban J connectivity index is 2.30. The minimum Gasteiger partial charge on any atom is -0.505 e. The molecule has 0 bridgehead atoms. The molecule has 0 fully saturated rings. The minimum absolute atomic E-state index is 0.0881. The normalized spacial score (nSPS) is 16.8. The molecule has 0 aliphatic carbocycles. The number of anilines is 1. The van der Waals surface area contributed by atoms with E-state index >= 15 is 0 Å². The Hall–Kier alpha value is -1.93. The summed E-state index contributed by atoms with van der Waals surface area (Å²) < 4.78 is 52.2. The summed E-state index contributed by atoms with van der Waals surface area (Å²) in [7, 11) is -4.28. The van der Waals surface area contributed by atoms with Crippen LogP contribution in [0.4, 0.5) is 14.5 Å². The molecule has 0 atom stereocenters. The lowest BCUT2D eigenvalue weighted by Crippen LogP contribution is -2.38. The lowest BCUT2D eigenvalue weighted by Gasteiger charge is -2.30. The highest BCUT2D eigenvalue weighted by Crippen LogP contribution is 2.45. The van der Waals surface area contributed by atoms with Crippen molar-refractivity contribution in [2.24, 2.45) is 0 Å². The standard InChI is InChI=1S/C15H13F2NO3S2/c1-9-4-2-3-5-10(9)15-13(19)14-11(6-7-22-14)18(8-12(16)17)23(15,20)21/h2-7,12,19H,8H2,1H3. The number of aryl methyl sites for hydroxylation is 1. The second-order valence-corrected chi connectivity index (χ2v) is 7.77. The van der Waals surface area contributed by atoms with Crippen molar-refractivity contribution in [2.75, 3.05) is 10.8 Å². The number of nitrogens with zero attached hydrogens (tertiary/aromatic N) is 1. The topological polar surface area (TPSA) is 57.6 Å². The number of fused-ring (bicyclic) bond motifs is 1. The Kier molecular flexibility index (Phi) is 3.89. The third-order valence-electron chi connectivity index (χ3n) is 3.58. The number of hydrogen-bond acceptors (Lipinski definition) is 4. The molecule has 2 aromatic rings. The van der Waals surface area contributed by atoms with Gasteiger partial charge in [0.05, 0.1) is 17.1 Å². The molecule has 1 aromatic heterocycles. The zero-order chi connectivity index (χ0) is 16.8. The van der Waals surface area contributed by atoms with Crippen molar-refractivity contribution in [3.8, 4) is 0 Å². The van der Waals surface area contributed by atoms with Crippen LogP contribution in [0.25, 0.3) is 10.7 Å². The van der Waals surface area contributed by atoms with E-state index < -0.39 is 28.8 Å². The zero-order valence-corrected chi connectivity index (χ0v) is 13.7. The van der Waals surface area contributed by atoms with Crippen LogP contribution in [0.15, 0.2) is 35.7 Å². The number of alkyl halides is 2. The van der Waals surface area contributed by atoms with E-state index in [0.29, 0.717) is 15.4 Å². The maximum absolute atomic E-state index is 12.9. The van der Waals surface area contributed by atoms with Crippen molar-refractivity contribution < 1.29 is 22.3 Å². The fraction of sp³-hybridized carbons (Fsp3) is 0.200. The van der Waals surface area contributed by atoms with Gasteiger partial charge in [-0.25, -0.2) is 17.2 Å². The highest BCUT2D eigenvalue weighted by molar-refractivity contribution is 8.02. The summed E-state index contributed by atoms with van der Waals surface area (Å²) in [5, 5.41) is 12.0. The summed E-state index contributed by atoms with van der Waals surface area (Å²) in [6.07, 6.45) is -2.82. The lowest BCUT2D eigenvalue weighted by atomic mass is 10.1. The molecular formula is C15H13F2NO3S2. The molecule has 1 aliphatic rings. The quantitative estimate of drug-likeness (QED) is 0.908. The molecule has 1 aromatic carbocycles. The Morgan fingerprint density at radius 1 is 1.26 bits per heavy atom. The van der Waals surface area contributed by atoms with Gasteiger partial charge in [-0.3, -0.25) is 4.31 Å². The van der Waals surface area contributed by atoms with E-state index in [1.165, 1.54) is 6.07 Å². The molecule has 1 aliphatic heterocycles. The highest BCUT2D eigenvalue weighted by atomic mass is 32.2. The molecule has 0 saturated carbocycles. The molecule has 0 spiro atoms. The van der Waals surface area contributed by atoms with Crippen molar-refractivity contribution in [2.45, 2.75) is 13.3 Å². The zero-order valence-electron chi connectivity index (χ0n) is 12.0. The average Bonchev–Trinajstić information content (AvgIpc) is 2.94. The number of rotatable bonds is 3. The number of hydrogen-bond donors (Lipinski definition) is 1. The van der Waals surface area contributed by atoms with Crippen molar-refractivity contribution >= 4 is 37.7 Å². The van der Waals surface area contributed by atoms with Gasteiger partial charge in [0.2, 0.25) is 0 Å². The smallest absolute Gasteiger partial charge is 0.268 e. The van der Waals surface area contributed by atoms with Crippen LogP contribution in [0.2, 0.25) is 0 Å². The Bertz CT molecular complexity index is 888. The molecule has 0 saturated heterocycles. The summed E-state index contributed by atoms with van der Waals surface area (Å²) >= 11 is 1.11. The van der Waals surface area contributed by atoms with Crippen molar-refractivity contribution in [1.29, 1.82) is 0 Å². The monoisotopic (exact) mass is 357 g/mol. The molecule has 3 rings (SSSR count). The van der Waals surface area contributed by atoms with E-state index in [1.807, 2.05) is 0 Å². The van der Waals surface area contributed by atoms with E-state index in [1.54, 1.807) is 36.6 Å². The second kappa shape index (κ2) is 5.61. The summed E-state index contributed by atoms with van der Waals surface area (Å²) in [5.41, 5.74) is 1.03. The van der Waals surface area contributed by atoms with Gasteiger partial charge in [0, 0.05) is 5.56 Å². The van der Waals surface area contributed by atoms with E-state index in [9.17, 15) is 22.3 Å². The van der Waals surface area contributed by atoms with Gasteiger partial charge in [-0.15, -0.1) is 11.3 Å². The highest BCUT2D eigenvalue weighted by Gasteiger charge is 2.40. The minimum atomic E-state index is -4.28. The van der Waals surface area contributed by atoms with Crippen LogP contribution in [-0.2, 0) is 10.0 Å². The lowest BCUT2D eigenvalue weighted by molar-refractivity contribution is 0.159. The van der Waals surface area contributed by atoms with Gasteiger partial charge in [0.25, 0.3) is 16.4 Å². The number of aliphatic hydroxyl groups excluding tert-OH is 1. The second-order valence-electron chi connectivity index (χ2n) is 5.05. The maximum atomic E-state index is 12.9. The molecule has 8 heteroatoms. The third kappa shape index (κ3) is 2.51. The van der Waals surface area contributed by atoms with E-state index in [2.05, 4.69) is 0 Å². The first kappa shape index (κ1) is 15.9. The van der Waals surface area contributed by atoms with Gasteiger partial charge in [-0.1, -0.05) is 24.3 Å². The molecule has 0 radical (unpaired) electrons. The first-order valence-electron chi connectivity index (χ1n) is 6.72. The van der Waals surface area contributed by atoms with Gasteiger partial charge >= 0.3 is 0 Å². The van der Waals surface area contributed by atoms with Gasteiger partial charge < -0.3 is 5.11 Å².